The third-order valence-electron chi connectivity index (χ3n) is 8.79. The van der Waals surface area contributed by atoms with E-state index in [9.17, 15) is 5.11 Å². The number of phenols is 1. The van der Waals surface area contributed by atoms with Gasteiger partial charge in [0.1, 0.15) is 17.1 Å². The van der Waals surface area contributed by atoms with Gasteiger partial charge in [-0.1, -0.05) is 105 Å². The van der Waals surface area contributed by atoms with Gasteiger partial charge in [-0.2, -0.15) is 0 Å². The standard InChI is InChI=1S/C43H35N4O.Pt/c1-43(2,3)34-20-24-40(48)42-33(34)19-21-35(45-42)32-18-23-37-39(27-32)47(41-12-8-9-25-44-41)38-26-31(17-22-36(38)46(37)4)30-15-13-29(14-16-30)28-10-6-5-7-11-28;/h5-26,48H,1-4H3;/q-1;/i1D3,2D3,3D3;. The van der Waals surface area contributed by atoms with Gasteiger partial charge in [-0.3, -0.25) is 4.98 Å². The molecule has 0 atom stereocenters. The van der Waals surface area contributed by atoms with Crippen LogP contribution in [0.1, 0.15) is 38.5 Å². The van der Waals surface area contributed by atoms with Crippen LogP contribution in [-0.2, 0) is 26.5 Å². The number of phenolic OH excluding ortho intramolecular Hbond substituents is 1. The minimum absolute atomic E-state index is 0. The summed E-state index contributed by atoms with van der Waals surface area (Å²) in [5.74, 6) is 0.263. The van der Waals surface area contributed by atoms with Crippen molar-refractivity contribution in [3.63, 3.8) is 0 Å². The molecular formula is C43H35N4OPt-. The largest absolute Gasteiger partial charge is 0.506 e. The van der Waals surface area contributed by atoms with Crippen molar-refractivity contribution in [2.75, 3.05) is 16.8 Å². The van der Waals surface area contributed by atoms with E-state index >= 15 is 0 Å². The molecule has 0 unspecified atom stereocenters. The molecular weight excluding hydrogens is 784 g/mol. The van der Waals surface area contributed by atoms with Crippen molar-refractivity contribution in [2.45, 2.75) is 26.0 Å². The Bertz CT molecular complexity index is 2600. The zero-order chi connectivity index (χ0) is 40.5. The van der Waals surface area contributed by atoms with Crippen LogP contribution in [0.25, 0.3) is 44.4 Å². The van der Waals surface area contributed by atoms with Gasteiger partial charge in [0.25, 0.3) is 0 Å². The van der Waals surface area contributed by atoms with Crippen molar-refractivity contribution in [1.82, 2.24) is 9.97 Å². The summed E-state index contributed by atoms with van der Waals surface area (Å²) in [6, 6.07) is 42.9. The maximum atomic E-state index is 11.0. The topological polar surface area (TPSA) is 52.5 Å². The normalized spacial score (nSPS) is 15.8. The summed E-state index contributed by atoms with van der Waals surface area (Å²) in [4.78, 5) is 13.5. The van der Waals surface area contributed by atoms with E-state index in [1.54, 1.807) is 6.20 Å². The van der Waals surface area contributed by atoms with E-state index < -0.39 is 31.5 Å². The molecule has 8 rings (SSSR count). The first-order chi connectivity index (χ1) is 27.0. The maximum absolute atomic E-state index is 11.0. The van der Waals surface area contributed by atoms with Crippen LogP contribution in [0.3, 0.4) is 0 Å². The molecule has 244 valence electrons. The average molecular weight is 828 g/mol. The summed E-state index contributed by atoms with van der Waals surface area (Å²) < 4.78 is 74.3. The summed E-state index contributed by atoms with van der Waals surface area (Å²) in [6.45, 7) is -10.5. The Labute approximate surface area is 314 Å². The smallest absolute Gasteiger partial charge is 0.140 e. The average Bonchev–Trinajstić information content (AvgIpc) is 3.18. The summed E-state index contributed by atoms with van der Waals surface area (Å²) in [7, 11) is 1.97. The molecule has 7 aromatic rings. The van der Waals surface area contributed by atoms with Crippen LogP contribution in [0.4, 0.5) is 28.6 Å². The molecule has 6 heteroatoms. The molecule has 1 aliphatic rings. The number of benzene rings is 5. The predicted octanol–water partition coefficient (Wildman–Crippen LogP) is 11.0. The second kappa shape index (κ2) is 12.6. The Balaban J connectivity index is 0.00000512. The van der Waals surface area contributed by atoms with Gasteiger partial charge in [0.2, 0.25) is 0 Å². The number of hydrogen-bond donors (Lipinski definition) is 1. The molecule has 0 radical (unpaired) electrons. The molecule has 0 saturated heterocycles. The predicted molar refractivity (Wildman–Crippen MR) is 198 cm³/mol. The molecule has 49 heavy (non-hydrogen) atoms. The van der Waals surface area contributed by atoms with E-state index in [2.05, 4.69) is 70.5 Å². The van der Waals surface area contributed by atoms with Crippen LogP contribution in [-0.4, -0.2) is 22.1 Å². The summed E-state index contributed by atoms with van der Waals surface area (Å²) >= 11 is 0. The van der Waals surface area contributed by atoms with E-state index in [4.69, 9.17) is 17.3 Å². The Hall–Kier alpha value is -5.25. The van der Waals surface area contributed by atoms with Crippen LogP contribution in [0, 0.1) is 6.07 Å². The molecule has 5 nitrogen and oxygen atoms in total. The zero-order valence-electron chi connectivity index (χ0n) is 35.3. The number of rotatable bonds is 4. The molecule has 0 bridgehead atoms. The minimum Gasteiger partial charge on any atom is -0.506 e. The summed E-state index contributed by atoms with van der Waals surface area (Å²) in [6.07, 6.45) is 1.71. The molecule has 0 fully saturated rings. The molecule has 1 N–H and O–H groups in total. The first-order valence-electron chi connectivity index (χ1n) is 20.0. The van der Waals surface area contributed by atoms with Crippen molar-refractivity contribution in [3.8, 4) is 39.3 Å². The van der Waals surface area contributed by atoms with Crippen molar-refractivity contribution in [1.29, 1.82) is 0 Å². The van der Waals surface area contributed by atoms with E-state index in [0.29, 0.717) is 22.8 Å². The summed E-state index contributed by atoms with van der Waals surface area (Å²) in [5.41, 5.74) is 4.45. The Morgan fingerprint density at radius 1 is 0.694 bits per heavy atom. The third kappa shape index (κ3) is 5.79. The van der Waals surface area contributed by atoms with Crippen LogP contribution in [0.5, 0.6) is 5.75 Å². The number of pyridine rings is 2. The zero-order valence-corrected chi connectivity index (χ0v) is 28.5. The fourth-order valence-electron chi connectivity index (χ4n) is 6.37. The molecule has 5 aromatic carbocycles. The first-order valence-corrected chi connectivity index (χ1v) is 15.5. The fourth-order valence-corrected chi connectivity index (χ4v) is 6.37. The van der Waals surface area contributed by atoms with Crippen molar-refractivity contribution in [3.05, 3.63) is 145 Å². The van der Waals surface area contributed by atoms with E-state index in [1.807, 2.05) is 60.5 Å². The number of anilines is 5. The molecule has 0 aliphatic carbocycles. The molecule has 2 aromatic heterocycles. The minimum atomic E-state index is -3.49. The molecule has 3 heterocycles. The number of fused-ring (bicyclic) bond motifs is 3. The molecule has 0 saturated carbocycles. The van der Waals surface area contributed by atoms with Crippen LogP contribution in [0.2, 0.25) is 0 Å². The fraction of sp³-hybridized carbons (Fsp3) is 0.116. The quantitative estimate of drug-likeness (QED) is 0.179. The molecule has 1 aliphatic heterocycles. The van der Waals surface area contributed by atoms with Gasteiger partial charge in [-0.15, -0.1) is 23.8 Å². The maximum Gasteiger partial charge on any atom is 0.140 e. The van der Waals surface area contributed by atoms with Crippen LogP contribution in [0.15, 0.2) is 134 Å². The second-order valence-corrected chi connectivity index (χ2v) is 11.8. The van der Waals surface area contributed by atoms with Gasteiger partial charge < -0.3 is 14.9 Å². The molecule has 0 amide bonds. The number of hydrogen-bond acceptors (Lipinski definition) is 5. The third-order valence-corrected chi connectivity index (χ3v) is 8.79. The van der Waals surface area contributed by atoms with Crippen LogP contribution >= 0.6 is 0 Å². The summed E-state index contributed by atoms with van der Waals surface area (Å²) in [5, 5.41) is 10.9. The van der Waals surface area contributed by atoms with Gasteiger partial charge >= 0.3 is 0 Å². The van der Waals surface area contributed by atoms with Crippen LogP contribution < -0.4 is 9.80 Å². The second-order valence-electron chi connectivity index (χ2n) is 11.8. The van der Waals surface area contributed by atoms with E-state index in [0.717, 1.165) is 51.4 Å². The SMILES string of the molecule is [2H]C([2H])([2H])C(c1ccc(O)c2nc(-c3[c-]c4c(cc3)N(C)c3ccc(-c5ccc(-c6ccccc6)cc5)cc3N4c3ccccn3)ccc12)(C([2H])([2H])[2H])C([2H])([2H])[2H].[Pt]. The Kier molecular flexibility index (Phi) is 5.98. The monoisotopic (exact) mass is 827 g/mol. The van der Waals surface area contributed by atoms with Crippen molar-refractivity contribution < 1.29 is 38.5 Å². The van der Waals surface area contributed by atoms with Gasteiger partial charge in [0.05, 0.1) is 11.4 Å². The number of aromatic nitrogens is 2. The van der Waals surface area contributed by atoms with Gasteiger partial charge in [-0.05, 0) is 80.6 Å². The van der Waals surface area contributed by atoms with Gasteiger partial charge in [0.15, 0.2) is 0 Å². The number of nitrogens with zero attached hydrogens (tertiary/aromatic N) is 4. The van der Waals surface area contributed by atoms with Crippen molar-refractivity contribution >= 4 is 39.5 Å². The van der Waals surface area contributed by atoms with E-state index in [-0.39, 0.29) is 37.7 Å². The van der Waals surface area contributed by atoms with Gasteiger partial charge in [-0.25, -0.2) is 4.98 Å². The Morgan fingerprint density at radius 2 is 1.39 bits per heavy atom. The Morgan fingerprint density at radius 3 is 2.12 bits per heavy atom. The van der Waals surface area contributed by atoms with Crippen molar-refractivity contribution in [2.24, 2.45) is 0 Å². The molecule has 0 spiro atoms. The van der Waals surface area contributed by atoms with Gasteiger partial charge in [0, 0.05) is 52.0 Å². The van der Waals surface area contributed by atoms with E-state index in [1.165, 1.54) is 12.1 Å². The number of aromatic hydroxyl groups is 1. The first kappa shape index (κ1) is 23.2.